The van der Waals surface area contributed by atoms with E-state index in [2.05, 4.69) is 16.8 Å². The van der Waals surface area contributed by atoms with Crippen molar-refractivity contribution in [2.75, 3.05) is 29.9 Å². The molecule has 1 amide bonds. The lowest BCUT2D eigenvalue weighted by atomic mass is 10.00. The summed E-state index contributed by atoms with van der Waals surface area (Å²) in [6.07, 6.45) is 4.22. The van der Waals surface area contributed by atoms with Crippen LogP contribution in [0.1, 0.15) is 30.3 Å². The molecule has 1 saturated heterocycles. The number of amides is 1. The molecule has 1 aliphatic rings. The van der Waals surface area contributed by atoms with Gasteiger partial charge in [0, 0.05) is 37.7 Å². The van der Waals surface area contributed by atoms with E-state index in [0.717, 1.165) is 24.5 Å². The van der Waals surface area contributed by atoms with E-state index in [1.165, 1.54) is 12.8 Å². The maximum absolute atomic E-state index is 12.7. The van der Waals surface area contributed by atoms with Crippen LogP contribution in [-0.2, 0) is 0 Å². The van der Waals surface area contributed by atoms with E-state index in [0.29, 0.717) is 11.6 Å². The first-order valence-electron chi connectivity index (χ1n) is 8.19. The van der Waals surface area contributed by atoms with E-state index in [9.17, 15) is 4.79 Å². The Bertz CT molecular complexity index is 671. The number of carbonyl (C=O) groups excluding carboxylic acids is 1. The van der Waals surface area contributed by atoms with Crippen LogP contribution < -0.4 is 9.80 Å². The van der Waals surface area contributed by atoms with Crippen LogP contribution in [0, 0.1) is 5.92 Å². The lowest BCUT2D eigenvalue weighted by Gasteiger charge is -2.33. The van der Waals surface area contributed by atoms with Crippen molar-refractivity contribution in [3.05, 3.63) is 54.4 Å². The Balaban J connectivity index is 1.80. The van der Waals surface area contributed by atoms with E-state index >= 15 is 0 Å². The fourth-order valence-electron chi connectivity index (χ4n) is 3.10. The smallest absolute Gasteiger partial charge is 0.276 e. The Morgan fingerprint density at radius 2 is 2.04 bits per heavy atom. The molecule has 0 radical (unpaired) electrons. The molecule has 1 fully saturated rings. The van der Waals surface area contributed by atoms with Crippen LogP contribution >= 0.6 is 0 Å². The number of benzene rings is 1. The van der Waals surface area contributed by atoms with Crippen molar-refractivity contribution >= 4 is 17.3 Å². The SMILES string of the molecule is CC1CCCN(c2ccnc(C(=O)N(C)c3ccccc3)c2)C1. The second kappa shape index (κ2) is 6.82. The lowest BCUT2D eigenvalue weighted by molar-refractivity contribution is 0.0988. The van der Waals surface area contributed by atoms with Crippen molar-refractivity contribution in [1.29, 1.82) is 0 Å². The number of hydrogen-bond acceptors (Lipinski definition) is 3. The first-order chi connectivity index (χ1) is 11.1. The maximum atomic E-state index is 12.7. The Kier molecular flexibility index (Phi) is 4.60. The highest BCUT2D eigenvalue weighted by Gasteiger charge is 2.19. The van der Waals surface area contributed by atoms with Gasteiger partial charge in [0.15, 0.2) is 0 Å². The number of piperidine rings is 1. The highest BCUT2D eigenvalue weighted by molar-refractivity contribution is 6.04. The molecule has 0 saturated carbocycles. The van der Waals surface area contributed by atoms with Gasteiger partial charge in [-0.1, -0.05) is 25.1 Å². The molecule has 4 nitrogen and oxygen atoms in total. The fourth-order valence-corrected chi connectivity index (χ4v) is 3.10. The van der Waals surface area contributed by atoms with Crippen LogP contribution in [-0.4, -0.2) is 31.0 Å². The molecule has 3 rings (SSSR count). The molecule has 1 unspecified atom stereocenters. The van der Waals surface area contributed by atoms with Crippen molar-refractivity contribution in [1.82, 2.24) is 4.98 Å². The highest BCUT2D eigenvalue weighted by atomic mass is 16.2. The predicted octanol–water partition coefficient (Wildman–Crippen LogP) is 3.59. The zero-order valence-corrected chi connectivity index (χ0v) is 13.8. The van der Waals surface area contributed by atoms with Gasteiger partial charge in [-0.25, -0.2) is 0 Å². The molecule has 2 heterocycles. The van der Waals surface area contributed by atoms with E-state index in [1.807, 2.05) is 42.5 Å². The van der Waals surface area contributed by atoms with Gasteiger partial charge < -0.3 is 9.80 Å². The third-order valence-corrected chi connectivity index (χ3v) is 4.43. The summed E-state index contributed by atoms with van der Waals surface area (Å²) in [5.74, 6) is 0.617. The normalized spacial score (nSPS) is 17.8. The number of anilines is 2. The Hall–Kier alpha value is -2.36. The van der Waals surface area contributed by atoms with E-state index < -0.39 is 0 Å². The lowest BCUT2D eigenvalue weighted by Crippen LogP contribution is -2.34. The predicted molar refractivity (Wildman–Crippen MR) is 94.0 cm³/mol. The van der Waals surface area contributed by atoms with Crippen molar-refractivity contribution < 1.29 is 4.79 Å². The standard InChI is InChI=1S/C19H23N3O/c1-15-7-6-12-22(14-15)17-10-11-20-18(13-17)19(23)21(2)16-8-4-3-5-9-16/h3-5,8-11,13,15H,6-7,12,14H2,1-2H3. The van der Waals surface area contributed by atoms with Crippen molar-refractivity contribution in [2.45, 2.75) is 19.8 Å². The number of pyridine rings is 1. The summed E-state index contributed by atoms with van der Waals surface area (Å²) in [5, 5.41) is 0. The summed E-state index contributed by atoms with van der Waals surface area (Å²) < 4.78 is 0. The quantitative estimate of drug-likeness (QED) is 0.869. The summed E-state index contributed by atoms with van der Waals surface area (Å²) in [6.45, 7) is 4.38. The molecule has 1 aromatic carbocycles. The molecular weight excluding hydrogens is 286 g/mol. The zero-order valence-electron chi connectivity index (χ0n) is 13.8. The summed E-state index contributed by atoms with van der Waals surface area (Å²) in [4.78, 5) is 21.0. The summed E-state index contributed by atoms with van der Waals surface area (Å²) in [6, 6.07) is 13.6. The monoisotopic (exact) mass is 309 g/mol. The maximum Gasteiger partial charge on any atom is 0.276 e. The number of rotatable bonds is 3. The number of hydrogen-bond donors (Lipinski definition) is 0. The molecule has 0 N–H and O–H groups in total. The van der Waals surface area contributed by atoms with Crippen molar-refractivity contribution in [3.63, 3.8) is 0 Å². The number of aromatic nitrogens is 1. The second-order valence-corrected chi connectivity index (χ2v) is 6.29. The van der Waals surface area contributed by atoms with Gasteiger partial charge in [-0.3, -0.25) is 9.78 Å². The molecule has 2 aromatic rings. The summed E-state index contributed by atoms with van der Waals surface area (Å²) >= 11 is 0. The van der Waals surface area contributed by atoms with Gasteiger partial charge in [0.1, 0.15) is 5.69 Å². The average molecular weight is 309 g/mol. The number of para-hydroxylation sites is 1. The van der Waals surface area contributed by atoms with Gasteiger partial charge in [-0.05, 0) is 43.0 Å². The number of nitrogens with zero attached hydrogens (tertiary/aromatic N) is 3. The Labute approximate surface area is 137 Å². The molecule has 4 heteroatoms. The third kappa shape index (κ3) is 3.52. The Morgan fingerprint density at radius 1 is 1.26 bits per heavy atom. The van der Waals surface area contributed by atoms with Crippen LogP contribution in [0.5, 0.6) is 0 Å². The van der Waals surface area contributed by atoms with Crippen LogP contribution in [0.15, 0.2) is 48.7 Å². The molecule has 0 aliphatic carbocycles. The Morgan fingerprint density at radius 3 is 2.78 bits per heavy atom. The average Bonchev–Trinajstić information content (AvgIpc) is 2.61. The van der Waals surface area contributed by atoms with Crippen molar-refractivity contribution in [2.24, 2.45) is 5.92 Å². The van der Waals surface area contributed by atoms with Crippen LogP contribution in [0.2, 0.25) is 0 Å². The minimum absolute atomic E-state index is 0.0805. The minimum Gasteiger partial charge on any atom is -0.371 e. The molecule has 0 bridgehead atoms. The van der Waals surface area contributed by atoms with Gasteiger partial charge in [-0.15, -0.1) is 0 Å². The first kappa shape index (κ1) is 15.5. The van der Waals surface area contributed by atoms with Crippen LogP contribution in [0.3, 0.4) is 0 Å². The van der Waals surface area contributed by atoms with E-state index in [1.54, 1.807) is 18.1 Å². The largest absolute Gasteiger partial charge is 0.371 e. The summed E-state index contributed by atoms with van der Waals surface area (Å²) in [5.41, 5.74) is 2.46. The van der Waals surface area contributed by atoms with Gasteiger partial charge in [-0.2, -0.15) is 0 Å². The summed E-state index contributed by atoms with van der Waals surface area (Å²) in [7, 11) is 1.79. The molecule has 1 atom stereocenters. The molecule has 1 aromatic heterocycles. The highest BCUT2D eigenvalue weighted by Crippen LogP contribution is 2.23. The molecule has 0 spiro atoms. The van der Waals surface area contributed by atoms with Crippen molar-refractivity contribution in [3.8, 4) is 0 Å². The van der Waals surface area contributed by atoms with E-state index in [-0.39, 0.29) is 5.91 Å². The fraction of sp³-hybridized carbons (Fsp3) is 0.368. The minimum atomic E-state index is -0.0805. The van der Waals surface area contributed by atoms with E-state index in [4.69, 9.17) is 0 Å². The zero-order chi connectivity index (χ0) is 16.2. The second-order valence-electron chi connectivity index (χ2n) is 6.29. The van der Waals surface area contributed by atoms with Gasteiger partial charge in [0.05, 0.1) is 0 Å². The molecule has 23 heavy (non-hydrogen) atoms. The van der Waals surface area contributed by atoms with Gasteiger partial charge in [0.2, 0.25) is 0 Å². The van der Waals surface area contributed by atoms with Gasteiger partial charge >= 0.3 is 0 Å². The third-order valence-electron chi connectivity index (χ3n) is 4.43. The van der Waals surface area contributed by atoms with Crippen LogP contribution in [0.4, 0.5) is 11.4 Å². The number of carbonyl (C=O) groups is 1. The molecule has 120 valence electrons. The topological polar surface area (TPSA) is 36.4 Å². The van der Waals surface area contributed by atoms with Crippen LogP contribution in [0.25, 0.3) is 0 Å². The molecular formula is C19H23N3O. The molecule has 1 aliphatic heterocycles. The first-order valence-corrected chi connectivity index (χ1v) is 8.19. The van der Waals surface area contributed by atoms with Gasteiger partial charge in [0.25, 0.3) is 5.91 Å².